The van der Waals surface area contributed by atoms with Crippen LogP contribution in [-0.4, -0.2) is 16.8 Å². The SMILES string of the molecule is Cc1ccc2c(c1)CN(CNC(=S)Nc1ccccc1)N2. The Balaban J connectivity index is 1.50. The van der Waals surface area contributed by atoms with Crippen molar-refractivity contribution >= 4 is 28.7 Å². The highest BCUT2D eigenvalue weighted by atomic mass is 32.1. The number of hydrogen-bond donors (Lipinski definition) is 3. The molecule has 0 saturated heterocycles. The van der Waals surface area contributed by atoms with Gasteiger partial charge in [0.1, 0.15) is 0 Å². The maximum absolute atomic E-state index is 5.30. The monoisotopic (exact) mass is 298 g/mol. The van der Waals surface area contributed by atoms with Crippen LogP contribution in [-0.2, 0) is 6.54 Å². The molecular weight excluding hydrogens is 280 g/mol. The average Bonchev–Trinajstić information content (AvgIpc) is 2.88. The fraction of sp³-hybridized carbons (Fsp3) is 0.188. The summed E-state index contributed by atoms with van der Waals surface area (Å²) in [5.74, 6) is 0. The van der Waals surface area contributed by atoms with Crippen LogP contribution in [0, 0.1) is 6.92 Å². The first-order valence-electron chi connectivity index (χ1n) is 6.92. The Labute approximate surface area is 130 Å². The molecule has 1 aliphatic heterocycles. The van der Waals surface area contributed by atoms with Crippen molar-refractivity contribution in [2.75, 3.05) is 17.4 Å². The average molecular weight is 298 g/mol. The topological polar surface area (TPSA) is 39.3 Å². The van der Waals surface area contributed by atoms with Crippen LogP contribution in [0.1, 0.15) is 11.1 Å². The molecule has 0 saturated carbocycles. The zero-order valence-electron chi connectivity index (χ0n) is 11.9. The van der Waals surface area contributed by atoms with Crippen molar-refractivity contribution in [3.63, 3.8) is 0 Å². The minimum Gasteiger partial charge on any atom is -0.348 e. The second kappa shape index (κ2) is 6.11. The third-order valence-corrected chi connectivity index (χ3v) is 3.61. The van der Waals surface area contributed by atoms with E-state index < -0.39 is 0 Å². The number of benzene rings is 2. The van der Waals surface area contributed by atoms with Gasteiger partial charge in [-0.3, -0.25) is 0 Å². The van der Waals surface area contributed by atoms with Gasteiger partial charge in [-0.05, 0) is 42.9 Å². The predicted molar refractivity (Wildman–Crippen MR) is 91.0 cm³/mol. The fourth-order valence-corrected chi connectivity index (χ4v) is 2.52. The summed E-state index contributed by atoms with van der Waals surface area (Å²) in [6.45, 7) is 3.63. The second-order valence-electron chi connectivity index (χ2n) is 5.13. The van der Waals surface area contributed by atoms with Gasteiger partial charge in [0.25, 0.3) is 0 Å². The summed E-state index contributed by atoms with van der Waals surface area (Å²) < 4.78 is 0. The van der Waals surface area contributed by atoms with E-state index in [9.17, 15) is 0 Å². The van der Waals surface area contributed by atoms with Crippen molar-refractivity contribution in [2.45, 2.75) is 13.5 Å². The number of aryl methyl sites for hydroxylation is 1. The van der Waals surface area contributed by atoms with E-state index in [-0.39, 0.29) is 0 Å². The molecule has 5 heteroatoms. The lowest BCUT2D eigenvalue weighted by Gasteiger charge is -2.18. The quantitative estimate of drug-likeness (QED) is 0.760. The van der Waals surface area contributed by atoms with Gasteiger partial charge in [0.2, 0.25) is 0 Å². The number of nitrogens with one attached hydrogen (secondary N) is 3. The fourth-order valence-electron chi connectivity index (χ4n) is 2.34. The number of rotatable bonds is 3. The Kier molecular flexibility index (Phi) is 4.03. The van der Waals surface area contributed by atoms with Crippen LogP contribution in [0.5, 0.6) is 0 Å². The van der Waals surface area contributed by atoms with Crippen molar-refractivity contribution in [1.82, 2.24) is 10.3 Å². The van der Waals surface area contributed by atoms with Gasteiger partial charge in [-0.25, -0.2) is 0 Å². The molecule has 21 heavy (non-hydrogen) atoms. The predicted octanol–water partition coefficient (Wildman–Crippen LogP) is 3.08. The second-order valence-corrected chi connectivity index (χ2v) is 5.53. The van der Waals surface area contributed by atoms with Gasteiger partial charge in [-0.15, -0.1) is 0 Å². The summed E-state index contributed by atoms with van der Waals surface area (Å²) in [6, 6.07) is 16.4. The van der Waals surface area contributed by atoms with E-state index in [2.05, 4.69) is 46.2 Å². The number of hydrogen-bond acceptors (Lipinski definition) is 3. The molecule has 0 spiro atoms. The lowest BCUT2D eigenvalue weighted by atomic mass is 10.1. The molecule has 0 bridgehead atoms. The molecule has 0 aliphatic carbocycles. The highest BCUT2D eigenvalue weighted by Gasteiger charge is 2.17. The Morgan fingerprint density at radius 2 is 2.05 bits per heavy atom. The van der Waals surface area contributed by atoms with Gasteiger partial charge in [-0.1, -0.05) is 35.9 Å². The first-order valence-corrected chi connectivity index (χ1v) is 7.32. The number of nitrogens with zero attached hydrogens (tertiary/aromatic N) is 1. The molecule has 0 fully saturated rings. The van der Waals surface area contributed by atoms with Crippen LogP contribution in [0.4, 0.5) is 11.4 Å². The van der Waals surface area contributed by atoms with Crippen molar-refractivity contribution < 1.29 is 0 Å². The van der Waals surface area contributed by atoms with Gasteiger partial charge in [-0.2, -0.15) is 5.01 Å². The Hall–Kier alpha value is -2.11. The molecule has 2 aromatic carbocycles. The zero-order chi connectivity index (χ0) is 14.7. The summed E-state index contributed by atoms with van der Waals surface area (Å²) in [7, 11) is 0. The third-order valence-electron chi connectivity index (χ3n) is 3.36. The number of hydrazine groups is 1. The van der Waals surface area contributed by atoms with Gasteiger partial charge in [0.05, 0.1) is 12.4 Å². The molecule has 0 atom stereocenters. The lowest BCUT2D eigenvalue weighted by Crippen LogP contribution is -2.39. The van der Waals surface area contributed by atoms with Crippen LogP contribution in [0.15, 0.2) is 48.5 Å². The first-order chi connectivity index (χ1) is 10.2. The van der Waals surface area contributed by atoms with E-state index in [4.69, 9.17) is 12.2 Å². The van der Waals surface area contributed by atoms with Gasteiger partial charge >= 0.3 is 0 Å². The Morgan fingerprint density at radius 1 is 1.24 bits per heavy atom. The molecule has 0 aromatic heterocycles. The maximum Gasteiger partial charge on any atom is 0.171 e. The Morgan fingerprint density at radius 3 is 2.86 bits per heavy atom. The minimum absolute atomic E-state index is 0.620. The molecule has 108 valence electrons. The number of para-hydroxylation sites is 1. The molecule has 0 amide bonds. The summed E-state index contributed by atoms with van der Waals surface area (Å²) in [6.07, 6.45) is 0. The molecule has 4 nitrogen and oxygen atoms in total. The summed E-state index contributed by atoms with van der Waals surface area (Å²) in [4.78, 5) is 0. The normalized spacial score (nSPS) is 13.4. The molecule has 0 radical (unpaired) electrons. The number of anilines is 2. The van der Waals surface area contributed by atoms with Crippen molar-refractivity contribution in [3.8, 4) is 0 Å². The van der Waals surface area contributed by atoms with Crippen LogP contribution < -0.4 is 16.1 Å². The minimum atomic E-state index is 0.620. The van der Waals surface area contributed by atoms with E-state index in [1.807, 2.05) is 30.3 Å². The van der Waals surface area contributed by atoms with Crippen molar-refractivity contribution in [2.24, 2.45) is 0 Å². The molecule has 1 heterocycles. The first kappa shape index (κ1) is 13.9. The van der Waals surface area contributed by atoms with E-state index in [1.165, 1.54) is 16.8 Å². The van der Waals surface area contributed by atoms with Crippen molar-refractivity contribution in [1.29, 1.82) is 0 Å². The van der Waals surface area contributed by atoms with Crippen LogP contribution >= 0.6 is 12.2 Å². The highest BCUT2D eigenvalue weighted by Crippen LogP contribution is 2.25. The molecule has 2 aromatic rings. The largest absolute Gasteiger partial charge is 0.348 e. The van der Waals surface area contributed by atoms with E-state index in [1.54, 1.807) is 0 Å². The summed E-state index contributed by atoms with van der Waals surface area (Å²) in [5.41, 5.74) is 8.13. The highest BCUT2D eigenvalue weighted by molar-refractivity contribution is 7.80. The van der Waals surface area contributed by atoms with Gasteiger partial charge in [0, 0.05) is 12.2 Å². The number of fused-ring (bicyclic) bond motifs is 1. The Bertz CT molecular complexity index is 642. The van der Waals surface area contributed by atoms with E-state index in [0.717, 1.165) is 12.2 Å². The van der Waals surface area contributed by atoms with E-state index >= 15 is 0 Å². The molecule has 3 N–H and O–H groups in total. The zero-order valence-corrected chi connectivity index (χ0v) is 12.7. The van der Waals surface area contributed by atoms with Crippen LogP contribution in [0.25, 0.3) is 0 Å². The smallest absolute Gasteiger partial charge is 0.171 e. The molecular formula is C16H18N4S. The van der Waals surface area contributed by atoms with Gasteiger partial charge in [0.15, 0.2) is 5.11 Å². The molecule has 0 unspecified atom stereocenters. The van der Waals surface area contributed by atoms with Crippen molar-refractivity contribution in [3.05, 3.63) is 59.7 Å². The third kappa shape index (κ3) is 3.51. The summed E-state index contributed by atoms with van der Waals surface area (Å²) in [5, 5.41) is 9.09. The standard InChI is InChI=1S/C16H18N4S/c1-12-7-8-15-13(9-12)10-20(19-15)11-17-16(21)18-14-5-3-2-4-6-14/h2-9,19H,10-11H2,1H3,(H2,17,18,21). The molecule has 3 rings (SSSR count). The summed E-state index contributed by atoms with van der Waals surface area (Å²) >= 11 is 5.30. The van der Waals surface area contributed by atoms with E-state index in [0.29, 0.717) is 11.8 Å². The molecule has 1 aliphatic rings. The maximum atomic E-state index is 5.30. The van der Waals surface area contributed by atoms with Crippen LogP contribution in [0.3, 0.4) is 0 Å². The van der Waals surface area contributed by atoms with Gasteiger partial charge < -0.3 is 16.1 Å². The van der Waals surface area contributed by atoms with Crippen LogP contribution in [0.2, 0.25) is 0 Å². The number of thiocarbonyl (C=S) groups is 1. The lowest BCUT2D eigenvalue weighted by molar-refractivity contribution is 0.337.